The fourth-order valence-corrected chi connectivity index (χ4v) is 3.05. The van der Waals surface area contributed by atoms with Gasteiger partial charge in [-0.25, -0.2) is 4.79 Å². The van der Waals surface area contributed by atoms with Crippen LogP contribution < -0.4 is 20.4 Å². The maximum absolute atomic E-state index is 12.7. The Bertz CT molecular complexity index is 854. The number of amides is 4. The number of fused-ring (bicyclic) bond motifs is 1. The molecule has 2 aromatic carbocycles. The molecule has 0 aliphatic carbocycles. The number of carbonyl (C=O) groups is 3. The maximum atomic E-state index is 12.7. The second-order valence-corrected chi connectivity index (χ2v) is 6.55. The largest absolute Gasteiger partial charge is 0.355 e. The van der Waals surface area contributed by atoms with Crippen molar-refractivity contribution in [2.75, 3.05) is 29.4 Å². The molecule has 146 valence electrons. The molecule has 0 unspecified atom stereocenters. The van der Waals surface area contributed by atoms with Crippen LogP contribution in [0.1, 0.15) is 18.9 Å². The van der Waals surface area contributed by atoms with Gasteiger partial charge in [0.05, 0.1) is 11.4 Å². The number of nitrogens with zero attached hydrogens (tertiary/aromatic N) is 2. The highest BCUT2D eigenvalue weighted by Crippen LogP contribution is 2.33. The first-order chi connectivity index (χ1) is 13.6. The van der Waals surface area contributed by atoms with Crippen molar-refractivity contribution in [2.24, 2.45) is 0 Å². The van der Waals surface area contributed by atoms with Crippen molar-refractivity contribution < 1.29 is 14.4 Å². The van der Waals surface area contributed by atoms with Crippen molar-refractivity contribution in [3.05, 3.63) is 60.2 Å². The van der Waals surface area contributed by atoms with Crippen LogP contribution in [0.3, 0.4) is 0 Å². The minimum Gasteiger partial charge on any atom is -0.355 e. The van der Waals surface area contributed by atoms with Gasteiger partial charge < -0.3 is 10.6 Å². The highest BCUT2D eigenvalue weighted by Gasteiger charge is 2.33. The second-order valence-electron chi connectivity index (χ2n) is 6.55. The molecular weight excluding hydrogens is 356 g/mol. The molecule has 0 bridgehead atoms. The normalized spacial score (nSPS) is 13.1. The molecule has 7 nitrogen and oxygen atoms in total. The maximum Gasteiger partial charge on any atom is 0.322 e. The Labute approximate surface area is 164 Å². The van der Waals surface area contributed by atoms with E-state index in [1.54, 1.807) is 24.3 Å². The van der Waals surface area contributed by atoms with E-state index in [2.05, 4.69) is 10.6 Å². The molecule has 4 amide bonds. The zero-order valence-corrected chi connectivity index (χ0v) is 15.9. The Morgan fingerprint density at radius 1 is 0.964 bits per heavy atom. The quantitative estimate of drug-likeness (QED) is 0.807. The van der Waals surface area contributed by atoms with Crippen LogP contribution in [0.4, 0.5) is 16.2 Å². The first-order valence-corrected chi connectivity index (χ1v) is 9.35. The molecule has 2 aromatic rings. The van der Waals surface area contributed by atoms with Gasteiger partial charge in [0.25, 0.3) is 0 Å². The minimum absolute atomic E-state index is 0.0602. The van der Waals surface area contributed by atoms with Crippen molar-refractivity contribution in [3.63, 3.8) is 0 Å². The van der Waals surface area contributed by atoms with Crippen LogP contribution in [-0.2, 0) is 16.1 Å². The Morgan fingerprint density at radius 2 is 1.64 bits per heavy atom. The van der Waals surface area contributed by atoms with Crippen molar-refractivity contribution in [2.45, 2.75) is 19.9 Å². The SMILES string of the molecule is CCCNC(=O)CN1C(=O)CN(C(=O)NCc2ccccc2)c2ccccc21. The van der Waals surface area contributed by atoms with Gasteiger partial charge in [0.15, 0.2) is 0 Å². The number of anilines is 2. The number of benzene rings is 2. The first-order valence-electron chi connectivity index (χ1n) is 9.35. The van der Waals surface area contributed by atoms with E-state index in [0.717, 1.165) is 12.0 Å². The molecule has 0 aromatic heterocycles. The molecular formula is C21H24N4O3. The lowest BCUT2D eigenvalue weighted by Crippen LogP contribution is -2.53. The summed E-state index contributed by atoms with van der Waals surface area (Å²) in [6.07, 6.45) is 0.825. The van der Waals surface area contributed by atoms with Gasteiger partial charge in [-0.3, -0.25) is 19.4 Å². The molecule has 0 atom stereocenters. The predicted molar refractivity (Wildman–Crippen MR) is 108 cm³/mol. The summed E-state index contributed by atoms with van der Waals surface area (Å²) in [6, 6.07) is 16.3. The summed E-state index contributed by atoms with van der Waals surface area (Å²) in [7, 11) is 0. The number of hydrogen-bond acceptors (Lipinski definition) is 3. The summed E-state index contributed by atoms with van der Waals surface area (Å²) < 4.78 is 0. The zero-order valence-electron chi connectivity index (χ0n) is 15.9. The number of carbonyl (C=O) groups excluding carboxylic acids is 3. The molecule has 1 aliphatic heterocycles. The standard InChI is InChI=1S/C21H24N4O3/c1-2-12-22-19(26)14-24-17-10-6-7-11-18(17)25(15-20(24)27)21(28)23-13-16-8-4-3-5-9-16/h3-11H,2,12-15H2,1H3,(H,22,26)(H,23,28). The fraction of sp³-hybridized carbons (Fsp3) is 0.286. The van der Waals surface area contributed by atoms with E-state index < -0.39 is 0 Å². The lowest BCUT2D eigenvalue weighted by Gasteiger charge is -2.35. The van der Waals surface area contributed by atoms with Crippen molar-refractivity contribution in [1.82, 2.24) is 10.6 Å². The fourth-order valence-electron chi connectivity index (χ4n) is 3.05. The highest BCUT2D eigenvalue weighted by atomic mass is 16.2. The average molecular weight is 380 g/mol. The van der Waals surface area contributed by atoms with Crippen molar-refractivity contribution >= 4 is 29.2 Å². The first kappa shape index (κ1) is 19.4. The van der Waals surface area contributed by atoms with E-state index in [1.165, 1.54) is 9.80 Å². The van der Waals surface area contributed by atoms with Gasteiger partial charge in [0.1, 0.15) is 13.1 Å². The van der Waals surface area contributed by atoms with Crippen LogP contribution in [0.5, 0.6) is 0 Å². The number of nitrogens with one attached hydrogen (secondary N) is 2. The third-order valence-corrected chi connectivity index (χ3v) is 4.46. The van der Waals surface area contributed by atoms with Crippen LogP contribution >= 0.6 is 0 Å². The molecule has 2 N–H and O–H groups in total. The second kappa shape index (κ2) is 9.03. The Balaban J connectivity index is 1.74. The van der Waals surface area contributed by atoms with Gasteiger partial charge in [-0.2, -0.15) is 0 Å². The van der Waals surface area contributed by atoms with Crippen LogP contribution in [-0.4, -0.2) is 37.5 Å². The van der Waals surface area contributed by atoms with Crippen molar-refractivity contribution in [1.29, 1.82) is 0 Å². The van der Waals surface area contributed by atoms with Gasteiger partial charge in [0.2, 0.25) is 11.8 Å². The van der Waals surface area contributed by atoms with Gasteiger partial charge in [-0.1, -0.05) is 49.4 Å². The van der Waals surface area contributed by atoms with E-state index in [-0.39, 0.29) is 30.9 Å². The molecule has 28 heavy (non-hydrogen) atoms. The highest BCUT2D eigenvalue weighted by molar-refractivity contribution is 6.12. The summed E-state index contributed by atoms with van der Waals surface area (Å²) in [5, 5.41) is 5.63. The molecule has 0 radical (unpaired) electrons. The molecule has 0 fully saturated rings. The molecule has 1 aliphatic rings. The molecule has 3 rings (SSSR count). The van der Waals surface area contributed by atoms with Gasteiger partial charge >= 0.3 is 6.03 Å². The molecule has 1 heterocycles. The van der Waals surface area contributed by atoms with Crippen LogP contribution in [0, 0.1) is 0 Å². The molecule has 0 saturated carbocycles. The summed E-state index contributed by atoms with van der Waals surface area (Å²) in [6.45, 7) is 2.73. The number of hydrogen-bond donors (Lipinski definition) is 2. The average Bonchev–Trinajstić information content (AvgIpc) is 2.73. The zero-order chi connectivity index (χ0) is 19.9. The lowest BCUT2D eigenvalue weighted by molar-refractivity contribution is -0.123. The molecule has 7 heteroatoms. The van der Waals surface area contributed by atoms with Crippen LogP contribution in [0.15, 0.2) is 54.6 Å². The number of rotatable bonds is 6. The number of para-hydroxylation sites is 2. The monoisotopic (exact) mass is 380 g/mol. The van der Waals surface area contributed by atoms with E-state index in [1.807, 2.05) is 37.3 Å². The molecule has 0 spiro atoms. The molecule has 0 saturated heterocycles. The van der Waals surface area contributed by atoms with Crippen molar-refractivity contribution in [3.8, 4) is 0 Å². The third kappa shape index (κ3) is 4.49. The Kier molecular flexibility index (Phi) is 6.26. The smallest absolute Gasteiger partial charge is 0.322 e. The van der Waals surface area contributed by atoms with E-state index in [9.17, 15) is 14.4 Å². The van der Waals surface area contributed by atoms with E-state index in [0.29, 0.717) is 24.5 Å². The number of urea groups is 1. The summed E-state index contributed by atoms with van der Waals surface area (Å²) >= 11 is 0. The van der Waals surface area contributed by atoms with Crippen LogP contribution in [0.2, 0.25) is 0 Å². The predicted octanol–water partition coefficient (Wildman–Crippen LogP) is 2.28. The van der Waals surface area contributed by atoms with E-state index in [4.69, 9.17) is 0 Å². The minimum atomic E-state index is -0.347. The summed E-state index contributed by atoms with van der Waals surface area (Å²) in [5.41, 5.74) is 2.14. The van der Waals surface area contributed by atoms with Gasteiger partial charge in [-0.05, 0) is 24.1 Å². The Morgan fingerprint density at radius 3 is 2.36 bits per heavy atom. The third-order valence-electron chi connectivity index (χ3n) is 4.46. The van der Waals surface area contributed by atoms with Crippen LogP contribution in [0.25, 0.3) is 0 Å². The summed E-state index contributed by atoms with van der Waals surface area (Å²) in [5.74, 6) is -0.507. The summed E-state index contributed by atoms with van der Waals surface area (Å²) in [4.78, 5) is 40.3. The van der Waals surface area contributed by atoms with Gasteiger partial charge in [0, 0.05) is 13.1 Å². The van der Waals surface area contributed by atoms with Gasteiger partial charge in [-0.15, -0.1) is 0 Å². The Hall–Kier alpha value is -3.35. The topological polar surface area (TPSA) is 81.8 Å². The van der Waals surface area contributed by atoms with E-state index >= 15 is 0 Å². The lowest BCUT2D eigenvalue weighted by atomic mass is 10.1.